The van der Waals surface area contributed by atoms with Gasteiger partial charge in [-0.2, -0.15) is 0 Å². The first-order valence-corrected chi connectivity index (χ1v) is 17.6. The second-order valence-electron chi connectivity index (χ2n) is 12.3. The number of halogens is 1. The molecule has 0 spiro atoms. The molecule has 2 amide bonds. The highest BCUT2D eigenvalue weighted by Gasteiger charge is 2.36. The largest absolute Gasteiger partial charge is 0.352 e. The average molecular weight is 656 g/mol. The van der Waals surface area contributed by atoms with E-state index in [0.717, 1.165) is 64.7 Å². The fraction of sp³-hybridized carbons (Fsp3) is 0.316. The Morgan fingerprint density at radius 2 is 1.38 bits per heavy atom. The molecule has 1 atom stereocenters. The number of nitrogens with one attached hydrogen (secondary N) is 1. The molecule has 1 fully saturated rings. The lowest BCUT2D eigenvalue weighted by molar-refractivity contribution is -0.140. The van der Waals surface area contributed by atoms with Crippen molar-refractivity contribution in [2.75, 3.05) is 10.8 Å². The first-order chi connectivity index (χ1) is 22.6. The van der Waals surface area contributed by atoms with Gasteiger partial charge in [0.25, 0.3) is 10.0 Å². The van der Waals surface area contributed by atoms with Crippen molar-refractivity contribution in [3.8, 4) is 0 Å². The van der Waals surface area contributed by atoms with Gasteiger partial charge in [-0.05, 0) is 62.1 Å². The maximum Gasteiger partial charge on any atom is 0.264 e. The molecule has 4 aromatic rings. The minimum absolute atomic E-state index is 0.00248. The van der Waals surface area contributed by atoms with Crippen molar-refractivity contribution in [2.45, 2.75) is 75.9 Å². The lowest BCUT2D eigenvalue weighted by Gasteiger charge is -2.35. The van der Waals surface area contributed by atoms with Crippen molar-refractivity contribution < 1.29 is 22.4 Å². The van der Waals surface area contributed by atoms with Crippen LogP contribution in [0.4, 0.5) is 10.1 Å². The maximum absolute atomic E-state index is 15.3. The van der Waals surface area contributed by atoms with Gasteiger partial charge in [-0.15, -0.1) is 0 Å². The number of benzene rings is 4. The predicted molar refractivity (Wildman–Crippen MR) is 183 cm³/mol. The molecule has 47 heavy (non-hydrogen) atoms. The molecule has 1 saturated carbocycles. The zero-order chi connectivity index (χ0) is 33.4. The summed E-state index contributed by atoms with van der Waals surface area (Å²) >= 11 is 0. The number of carbonyl (C=O) groups is 2. The van der Waals surface area contributed by atoms with E-state index < -0.39 is 34.3 Å². The number of anilines is 1. The smallest absolute Gasteiger partial charge is 0.264 e. The van der Waals surface area contributed by atoms with Gasteiger partial charge in [0.1, 0.15) is 18.4 Å². The normalized spacial score (nSPS) is 14.3. The van der Waals surface area contributed by atoms with Crippen LogP contribution in [0.3, 0.4) is 0 Å². The summed E-state index contributed by atoms with van der Waals surface area (Å²) in [5, 5.41) is 3.20. The van der Waals surface area contributed by atoms with Gasteiger partial charge in [0.15, 0.2) is 0 Å². The molecule has 5 rings (SSSR count). The summed E-state index contributed by atoms with van der Waals surface area (Å²) in [5.74, 6) is -1.69. The Balaban J connectivity index is 1.56. The molecule has 1 aliphatic carbocycles. The Kier molecular flexibility index (Phi) is 11.1. The van der Waals surface area contributed by atoms with Gasteiger partial charge < -0.3 is 10.2 Å². The Morgan fingerprint density at radius 3 is 2.02 bits per heavy atom. The minimum atomic E-state index is -4.38. The predicted octanol–water partition coefficient (Wildman–Crippen LogP) is 6.73. The van der Waals surface area contributed by atoms with Crippen LogP contribution in [0.2, 0.25) is 0 Å². The molecule has 0 aromatic heterocycles. The number of rotatable bonds is 12. The van der Waals surface area contributed by atoms with Crippen molar-refractivity contribution in [1.29, 1.82) is 0 Å². The highest BCUT2D eigenvalue weighted by molar-refractivity contribution is 7.92. The van der Waals surface area contributed by atoms with Crippen LogP contribution >= 0.6 is 0 Å². The molecule has 1 aliphatic rings. The first kappa shape index (κ1) is 33.9. The molecule has 7 nitrogen and oxygen atoms in total. The Bertz CT molecular complexity index is 1760. The second-order valence-corrected chi connectivity index (χ2v) is 14.2. The molecule has 0 heterocycles. The van der Waals surface area contributed by atoms with Crippen molar-refractivity contribution in [2.24, 2.45) is 0 Å². The van der Waals surface area contributed by atoms with Crippen molar-refractivity contribution in [1.82, 2.24) is 10.2 Å². The van der Waals surface area contributed by atoms with Crippen LogP contribution in [0, 0.1) is 19.7 Å². The second kappa shape index (κ2) is 15.4. The summed E-state index contributed by atoms with van der Waals surface area (Å²) in [4.78, 5) is 30.1. The SMILES string of the molecule is Cc1ccc(CN(C(=O)CN(c2ccccc2F)S(=O)(=O)c2ccc(C)cc2)[C@H](Cc2ccccc2)C(=O)NC2CCCCC2)cc1. The molecule has 0 bridgehead atoms. The van der Waals surface area contributed by atoms with Gasteiger partial charge in [0, 0.05) is 19.0 Å². The zero-order valence-corrected chi connectivity index (χ0v) is 27.8. The molecule has 0 unspecified atom stereocenters. The van der Waals surface area contributed by atoms with Gasteiger partial charge >= 0.3 is 0 Å². The number of hydrogen-bond acceptors (Lipinski definition) is 4. The summed E-state index contributed by atoms with van der Waals surface area (Å²) in [6, 6.07) is 27.9. The highest BCUT2D eigenvalue weighted by Crippen LogP contribution is 2.28. The summed E-state index contributed by atoms with van der Waals surface area (Å²) in [7, 11) is -4.38. The van der Waals surface area contributed by atoms with Crippen LogP contribution in [0.5, 0.6) is 0 Å². The number of sulfonamides is 1. The number of aryl methyl sites for hydroxylation is 2. The third kappa shape index (κ3) is 8.65. The van der Waals surface area contributed by atoms with Gasteiger partial charge in [-0.1, -0.05) is 109 Å². The number of hydrogen-bond donors (Lipinski definition) is 1. The van der Waals surface area contributed by atoms with Gasteiger partial charge in [0.2, 0.25) is 11.8 Å². The van der Waals surface area contributed by atoms with E-state index in [-0.39, 0.29) is 35.5 Å². The fourth-order valence-corrected chi connectivity index (χ4v) is 7.42. The summed E-state index contributed by atoms with van der Waals surface area (Å²) in [5.41, 5.74) is 3.29. The Labute approximate surface area is 277 Å². The molecule has 4 aromatic carbocycles. The number of para-hydroxylation sites is 1. The van der Waals surface area contributed by atoms with Gasteiger partial charge in [-0.25, -0.2) is 12.8 Å². The first-order valence-electron chi connectivity index (χ1n) is 16.1. The van der Waals surface area contributed by atoms with E-state index in [1.807, 2.05) is 68.4 Å². The maximum atomic E-state index is 15.3. The Hall–Kier alpha value is -4.50. The molecule has 1 N–H and O–H groups in total. The molecular weight excluding hydrogens is 614 g/mol. The van der Waals surface area contributed by atoms with Crippen molar-refractivity contribution in [3.05, 3.63) is 131 Å². The van der Waals surface area contributed by atoms with E-state index in [1.165, 1.54) is 35.2 Å². The molecule has 9 heteroatoms. The van der Waals surface area contributed by atoms with Crippen molar-refractivity contribution >= 4 is 27.5 Å². The summed E-state index contributed by atoms with van der Waals surface area (Å²) in [6.07, 6.45) is 5.13. The number of carbonyl (C=O) groups excluding carboxylic acids is 2. The summed E-state index contributed by atoms with van der Waals surface area (Å²) in [6.45, 7) is 3.16. The van der Waals surface area contributed by atoms with E-state index in [0.29, 0.717) is 0 Å². The molecular formula is C38H42FN3O4S. The quantitative estimate of drug-likeness (QED) is 0.184. The topological polar surface area (TPSA) is 86.8 Å². The minimum Gasteiger partial charge on any atom is -0.352 e. The van der Waals surface area contributed by atoms with Crippen LogP contribution in [0.15, 0.2) is 108 Å². The lowest BCUT2D eigenvalue weighted by atomic mass is 9.94. The van der Waals surface area contributed by atoms with E-state index in [9.17, 15) is 18.0 Å². The number of amides is 2. The van der Waals surface area contributed by atoms with E-state index in [2.05, 4.69) is 5.32 Å². The van der Waals surface area contributed by atoms with Gasteiger partial charge in [0.05, 0.1) is 10.6 Å². The van der Waals surface area contributed by atoms with E-state index >= 15 is 4.39 Å². The monoisotopic (exact) mass is 655 g/mol. The highest BCUT2D eigenvalue weighted by atomic mass is 32.2. The lowest BCUT2D eigenvalue weighted by Crippen LogP contribution is -2.55. The standard InChI is InChI=1S/C38H42FN3O4S/c1-28-17-21-31(22-18-28)26-41(36(25-30-11-5-3-6-12-30)38(44)40-32-13-7-4-8-14-32)37(43)27-42(35-16-10-9-15-34(35)39)47(45,46)33-23-19-29(2)20-24-33/h3,5-6,9-12,15-24,32,36H,4,7-8,13-14,25-27H2,1-2H3,(H,40,44)/t36-/m1/s1. The number of nitrogens with zero attached hydrogens (tertiary/aromatic N) is 2. The Morgan fingerprint density at radius 1 is 0.787 bits per heavy atom. The van der Waals surface area contributed by atoms with Crippen LogP contribution < -0.4 is 9.62 Å². The van der Waals surface area contributed by atoms with Crippen LogP contribution in [0.1, 0.15) is 54.4 Å². The molecule has 246 valence electrons. The summed E-state index contributed by atoms with van der Waals surface area (Å²) < 4.78 is 44.4. The van der Waals surface area contributed by atoms with Crippen LogP contribution in [0.25, 0.3) is 0 Å². The third-order valence-corrected chi connectivity index (χ3v) is 10.5. The third-order valence-electron chi connectivity index (χ3n) is 8.71. The van der Waals surface area contributed by atoms with E-state index in [4.69, 9.17) is 0 Å². The van der Waals surface area contributed by atoms with Crippen molar-refractivity contribution in [3.63, 3.8) is 0 Å². The fourth-order valence-electron chi connectivity index (χ4n) is 5.99. The van der Waals surface area contributed by atoms with Crippen LogP contribution in [-0.2, 0) is 32.6 Å². The average Bonchev–Trinajstić information content (AvgIpc) is 3.07. The van der Waals surface area contributed by atoms with E-state index in [1.54, 1.807) is 12.1 Å². The van der Waals surface area contributed by atoms with Crippen LogP contribution in [-0.4, -0.2) is 43.8 Å². The molecule has 0 saturated heterocycles. The van der Waals surface area contributed by atoms with Gasteiger partial charge in [-0.3, -0.25) is 13.9 Å². The molecule has 0 radical (unpaired) electrons. The molecule has 0 aliphatic heterocycles. The zero-order valence-electron chi connectivity index (χ0n) is 26.9.